The normalized spacial score (nSPS) is 11.8. The van der Waals surface area contributed by atoms with E-state index < -0.39 is 0 Å². The van der Waals surface area contributed by atoms with E-state index in [9.17, 15) is 0 Å². The summed E-state index contributed by atoms with van der Waals surface area (Å²) in [6.07, 6.45) is 3.69. The number of aromatic nitrogens is 2. The molecule has 108 valence electrons. The van der Waals surface area contributed by atoms with Gasteiger partial charge in [-0.25, -0.2) is 0 Å². The molecule has 0 spiro atoms. The van der Waals surface area contributed by atoms with Crippen LogP contribution in [0.1, 0.15) is 20.8 Å². The zero-order valence-corrected chi connectivity index (χ0v) is 13.5. The van der Waals surface area contributed by atoms with E-state index in [1.54, 1.807) is 22.6 Å². The summed E-state index contributed by atoms with van der Waals surface area (Å²) in [5.74, 6) is 0. The Balaban J connectivity index is 2.34. The van der Waals surface area contributed by atoms with Crippen molar-refractivity contribution < 1.29 is 5.11 Å². The van der Waals surface area contributed by atoms with Crippen LogP contribution in [0.4, 0.5) is 0 Å². The number of benzene rings is 1. The molecule has 5 heteroatoms. The number of hydrogen-bond acceptors (Lipinski definition) is 3. The van der Waals surface area contributed by atoms with Crippen molar-refractivity contribution in [3.8, 4) is 11.1 Å². The fourth-order valence-corrected chi connectivity index (χ4v) is 3.23. The van der Waals surface area contributed by atoms with Gasteiger partial charge in [-0.15, -0.1) is 11.8 Å². The number of rotatable bonds is 4. The summed E-state index contributed by atoms with van der Waals surface area (Å²) in [6.45, 7) is 7.07. The van der Waals surface area contributed by atoms with Crippen molar-refractivity contribution in [2.45, 2.75) is 37.0 Å². The average Bonchev–Trinajstić information content (AvgIpc) is 2.79. The molecule has 0 aliphatic rings. The third-order valence-corrected chi connectivity index (χ3v) is 4.34. The lowest BCUT2D eigenvalue weighted by Gasteiger charge is -2.19. The number of aliphatic hydroxyl groups is 1. The maximum atomic E-state index is 8.94. The molecule has 0 radical (unpaired) electrons. The van der Waals surface area contributed by atoms with Gasteiger partial charge in [0.1, 0.15) is 0 Å². The van der Waals surface area contributed by atoms with Crippen LogP contribution in [0.15, 0.2) is 35.5 Å². The summed E-state index contributed by atoms with van der Waals surface area (Å²) in [5, 5.41) is 13.9. The first-order chi connectivity index (χ1) is 9.40. The van der Waals surface area contributed by atoms with Crippen LogP contribution in [0.5, 0.6) is 0 Å². The van der Waals surface area contributed by atoms with Gasteiger partial charge in [0, 0.05) is 27.0 Å². The zero-order valence-electron chi connectivity index (χ0n) is 11.9. The lowest BCUT2D eigenvalue weighted by Crippen LogP contribution is -2.06. The Kier molecular flexibility index (Phi) is 4.78. The molecule has 0 saturated heterocycles. The molecule has 0 bridgehead atoms. The Morgan fingerprint density at radius 3 is 2.75 bits per heavy atom. The van der Waals surface area contributed by atoms with Crippen LogP contribution < -0.4 is 0 Å². The number of thioether (sulfide) groups is 1. The molecule has 0 fully saturated rings. The van der Waals surface area contributed by atoms with Gasteiger partial charge in [0.15, 0.2) is 0 Å². The van der Waals surface area contributed by atoms with Gasteiger partial charge in [-0.2, -0.15) is 5.10 Å². The van der Waals surface area contributed by atoms with Crippen LogP contribution in [0, 0.1) is 0 Å². The fourth-order valence-electron chi connectivity index (χ4n) is 1.87. The van der Waals surface area contributed by atoms with Gasteiger partial charge in [-0.05, 0) is 6.07 Å². The Bertz CT molecular complexity index is 590. The number of aliphatic hydroxyl groups excluding tert-OH is 1. The molecule has 0 amide bonds. The minimum atomic E-state index is 0.0781. The molecule has 1 aromatic carbocycles. The second kappa shape index (κ2) is 6.20. The van der Waals surface area contributed by atoms with Crippen LogP contribution in [-0.4, -0.2) is 26.2 Å². The summed E-state index contributed by atoms with van der Waals surface area (Å²) in [4.78, 5) is 1.08. The summed E-state index contributed by atoms with van der Waals surface area (Å²) in [6, 6.07) is 6.05. The van der Waals surface area contributed by atoms with E-state index in [4.69, 9.17) is 16.7 Å². The third kappa shape index (κ3) is 3.78. The second-order valence-corrected chi connectivity index (χ2v) is 7.79. The van der Waals surface area contributed by atoms with Gasteiger partial charge in [-0.3, -0.25) is 4.68 Å². The molecule has 1 aromatic heterocycles. The lowest BCUT2D eigenvalue weighted by atomic mass is 10.1. The molecule has 0 atom stereocenters. The monoisotopic (exact) mass is 310 g/mol. The summed E-state index contributed by atoms with van der Waals surface area (Å²) < 4.78 is 1.83. The second-order valence-electron chi connectivity index (χ2n) is 5.55. The van der Waals surface area contributed by atoms with Gasteiger partial charge < -0.3 is 5.11 Å². The molecule has 0 aliphatic carbocycles. The third-order valence-electron chi connectivity index (χ3n) is 2.65. The summed E-state index contributed by atoms with van der Waals surface area (Å²) in [7, 11) is 0. The Labute approximate surface area is 129 Å². The van der Waals surface area contributed by atoms with Crippen molar-refractivity contribution in [2.24, 2.45) is 0 Å². The van der Waals surface area contributed by atoms with Crippen molar-refractivity contribution in [3.63, 3.8) is 0 Å². The largest absolute Gasteiger partial charge is 0.394 e. The Hall–Kier alpha value is -0.970. The highest BCUT2D eigenvalue weighted by Gasteiger charge is 2.17. The number of nitrogens with zero attached hydrogens (tertiary/aromatic N) is 2. The highest BCUT2D eigenvalue weighted by molar-refractivity contribution is 8.00. The van der Waals surface area contributed by atoms with Crippen molar-refractivity contribution >= 4 is 23.4 Å². The van der Waals surface area contributed by atoms with Gasteiger partial charge in [0.2, 0.25) is 0 Å². The first kappa shape index (κ1) is 15.4. The smallest absolute Gasteiger partial charge is 0.0641 e. The van der Waals surface area contributed by atoms with Crippen molar-refractivity contribution in [3.05, 3.63) is 35.6 Å². The van der Waals surface area contributed by atoms with E-state index in [2.05, 4.69) is 25.9 Å². The molecular weight excluding hydrogens is 292 g/mol. The van der Waals surface area contributed by atoms with Gasteiger partial charge in [-0.1, -0.05) is 44.5 Å². The van der Waals surface area contributed by atoms with Crippen molar-refractivity contribution in [1.29, 1.82) is 0 Å². The van der Waals surface area contributed by atoms with E-state index >= 15 is 0 Å². The lowest BCUT2D eigenvalue weighted by molar-refractivity contribution is 0.269. The van der Waals surface area contributed by atoms with Crippen LogP contribution in [0.2, 0.25) is 5.02 Å². The van der Waals surface area contributed by atoms with E-state index in [0.29, 0.717) is 6.54 Å². The summed E-state index contributed by atoms with van der Waals surface area (Å²) >= 11 is 8.28. The van der Waals surface area contributed by atoms with Crippen LogP contribution >= 0.6 is 23.4 Å². The highest BCUT2D eigenvalue weighted by atomic mass is 35.5. The van der Waals surface area contributed by atoms with Crippen LogP contribution in [0.3, 0.4) is 0 Å². The first-order valence-electron chi connectivity index (χ1n) is 6.52. The molecule has 3 nitrogen and oxygen atoms in total. The molecule has 1 N–H and O–H groups in total. The van der Waals surface area contributed by atoms with Crippen LogP contribution in [0.25, 0.3) is 11.1 Å². The maximum absolute atomic E-state index is 8.94. The minimum absolute atomic E-state index is 0.0781. The molecule has 2 aromatic rings. The SMILES string of the molecule is CC(C)(C)Sc1cccc(-c2cnn(CCO)c2)c1Cl. The molecular formula is C15H19ClN2OS. The van der Waals surface area contributed by atoms with Crippen molar-refractivity contribution in [2.75, 3.05) is 6.61 Å². The van der Waals surface area contributed by atoms with E-state index in [1.165, 1.54) is 0 Å². The topological polar surface area (TPSA) is 38.0 Å². The molecule has 0 saturated carbocycles. The van der Waals surface area contributed by atoms with E-state index in [1.807, 2.05) is 24.4 Å². The Morgan fingerprint density at radius 2 is 2.10 bits per heavy atom. The standard InChI is InChI=1S/C15H19ClN2OS/c1-15(2,3)20-13-6-4-5-12(14(13)16)11-9-17-18(10-11)7-8-19/h4-6,9-10,19H,7-8H2,1-3H3. The molecule has 1 heterocycles. The predicted molar refractivity (Wildman–Crippen MR) is 85.4 cm³/mol. The Morgan fingerprint density at radius 1 is 1.35 bits per heavy atom. The minimum Gasteiger partial charge on any atom is -0.394 e. The van der Waals surface area contributed by atoms with Crippen molar-refractivity contribution in [1.82, 2.24) is 9.78 Å². The van der Waals surface area contributed by atoms with Crippen LogP contribution in [-0.2, 0) is 6.54 Å². The summed E-state index contributed by atoms with van der Waals surface area (Å²) in [5.41, 5.74) is 1.95. The number of halogens is 1. The van der Waals surface area contributed by atoms with E-state index in [-0.39, 0.29) is 11.4 Å². The zero-order chi connectivity index (χ0) is 14.8. The van der Waals surface area contributed by atoms with E-state index in [0.717, 1.165) is 21.0 Å². The fraction of sp³-hybridized carbons (Fsp3) is 0.400. The maximum Gasteiger partial charge on any atom is 0.0641 e. The molecule has 20 heavy (non-hydrogen) atoms. The molecule has 2 rings (SSSR count). The van der Waals surface area contributed by atoms with Gasteiger partial charge >= 0.3 is 0 Å². The van der Waals surface area contributed by atoms with Gasteiger partial charge in [0.05, 0.1) is 24.4 Å². The molecule has 0 aliphatic heterocycles. The number of hydrogen-bond donors (Lipinski definition) is 1. The first-order valence-corrected chi connectivity index (χ1v) is 7.71. The average molecular weight is 311 g/mol. The van der Waals surface area contributed by atoms with Gasteiger partial charge in [0.25, 0.3) is 0 Å². The predicted octanol–water partition coefficient (Wildman–Crippen LogP) is 4.09. The highest BCUT2D eigenvalue weighted by Crippen LogP contribution is 2.40. The molecule has 0 unspecified atom stereocenters. The quantitative estimate of drug-likeness (QED) is 0.864.